The number of benzene rings is 2. The standard InChI is InChI=1S/C16H16ClNO3/c1-2-18(13-4-3-5-14(19)10-13)16(20)11-21-15-8-6-12(17)7-9-15/h3-10,19H,2,11H2,1H3. The van der Waals surface area contributed by atoms with E-state index in [1.54, 1.807) is 53.4 Å². The van der Waals surface area contributed by atoms with Crippen LogP contribution in [0.5, 0.6) is 11.5 Å². The molecule has 2 aromatic carbocycles. The Bertz CT molecular complexity index is 613. The molecule has 0 saturated heterocycles. The molecule has 0 aliphatic carbocycles. The van der Waals surface area contributed by atoms with Crippen LogP contribution in [0.15, 0.2) is 48.5 Å². The van der Waals surface area contributed by atoms with Gasteiger partial charge in [-0.15, -0.1) is 0 Å². The highest BCUT2D eigenvalue weighted by atomic mass is 35.5. The summed E-state index contributed by atoms with van der Waals surface area (Å²) in [6.07, 6.45) is 0. The van der Waals surface area contributed by atoms with Crippen molar-refractivity contribution in [3.05, 3.63) is 53.6 Å². The Labute approximate surface area is 128 Å². The number of amides is 1. The van der Waals surface area contributed by atoms with E-state index in [1.165, 1.54) is 0 Å². The van der Waals surface area contributed by atoms with Crippen LogP contribution >= 0.6 is 11.6 Å². The van der Waals surface area contributed by atoms with Gasteiger partial charge in [0.2, 0.25) is 0 Å². The number of halogens is 1. The van der Waals surface area contributed by atoms with Gasteiger partial charge in [0.25, 0.3) is 5.91 Å². The van der Waals surface area contributed by atoms with Gasteiger partial charge in [-0.2, -0.15) is 0 Å². The van der Waals surface area contributed by atoms with Crippen LogP contribution in [-0.2, 0) is 4.79 Å². The molecule has 21 heavy (non-hydrogen) atoms. The Morgan fingerprint density at radius 3 is 2.57 bits per heavy atom. The Morgan fingerprint density at radius 2 is 1.95 bits per heavy atom. The summed E-state index contributed by atoms with van der Waals surface area (Å²) in [5, 5.41) is 10.1. The van der Waals surface area contributed by atoms with E-state index in [0.717, 1.165) is 0 Å². The zero-order chi connectivity index (χ0) is 15.2. The first-order chi connectivity index (χ1) is 10.1. The van der Waals surface area contributed by atoms with Crippen molar-refractivity contribution in [3.63, 3.8) is 0 Å². The molecule has 0 fully saturated rings. The molecule has 0 aliphatic heterocycles. The molecule has 2 rings (SSSR count). The van der Waals surface area contributed by atoms with Gasteiger partial charge < -0.3 is 14.7 Å². The molecular weight excluding hydrogens is 290 g/mol. The molecule has 110 valence electrons. The lowest BCUT2D eigenvalue weighted by Crippen LogP contribution is -2.34. The van der Waals surface area contributed by atoms with Crippen LogP contribution in [0, 0.1) is 0 Å². The summed E-state index contributed by atoms with van der Waals surface area (Å²) in [6.45, 7) is 2.28. The maximum absolute atomic E-state index is 12.2. The van der Waals surface area contributed by atoms with E-state index in [4.69, 9.17) is 16.3 Å². The average Bonchev–Trinajstić information content (AvgIpc) is 2.47. The number of likely N-dealkylation sites (N-methyl/N-ethyl adjacent to an activating group) is 1. The number of aromatic hydroxyl groups is 1. The zero-order valence-electron chi connectivity index (χ0n) is 11.6. The molecule has 1 amide bonds. The molecule has 0 saturated carbocycles. The lowest BCUT2D eigenvalue weighted by molar-refractivity contribution is -0.120. The maximum Gasteiger partial charge on any atom is 0.264 e. The Morgan fingerprint density at radius 1 is 1.24 bits per heavy atom. The van der Waals surface area contributed by atoms with E-state index in [-0.39, 0.29) is 18.3 Å². The SMILES string of the molecule is CCN(C(=O)COc1ccc(Cl)cc1)c1cccc(O)c1. The van der Waals surface area contributed by atoms with Gasteiger partial charge in [0.1, 0.15) is 11.5 Å². The van der Waals surface area contributed by atoms with Gasteiger partial charge in [-0.05, 0) is 43.3 Å². The van der Waals surface area contributed by atoms with Crippen molar-refractivity contribution in [1.82, 2.24) is 0 Å². The molecule has 0 aromatic heterocycles. The minimum Gasteiger partial charge on any atom is -0.508 e. The second-order valence-electron chi connectivity index (χ2n) is 4.40. The molecule has 4 nitrogen and oxygen atoms in total. The minimum absolute atomic E-state index is 0.0782. The number of nitrogens with zero attached hydrogens (tertiary/aromatic N) is 1. The van der Waals surface area contributed by atoms with Crippen molar-refractivity contribution in [2.24, 2.45) is 0 Å². The van der Waals surface area contributed by atoms with E-state index in [9.17, 15) is 9.90 Å². The van der Waals surface area contributed by atoms with Gasteiger partial charge in [0, 0.05) is 23.3 Å². The molecular formula is C16H16ClNO3. The average molecular weight is 306 g/mol. The van der Waals surface area contributed by atoms with Gasteiger partial charge >= 0.3 is 0 Å². The molecule has 2 aromatic rings. The van der Waals surface area contributed by atoms with Gasteiger partial charge in [-0.25, -0.2) is 0 Å². The monoisotopic (exact) mass is 305 g/mol. The normalized spacial score (nSPS) is 10.2. The van der Waals surface area contributed by atoms with E-state index < -0.39 is 0 Å². The van der Waals surface area contributed by atoms with E-state index >= 15 is 0 Å². The topological polar surface area (TPSA) is 49.8 Å². The third kappa shape index (κ3) is 4.13. The number of phenols is 1. The summed E-state index contributed by atoms with van der Waals surface area (Å²) in [7, 11) is 0. The lowest BCUT2D eigenvalue weighted by Gasteiger charge is -2.21. The number of carbonyl (C=O) groups is 1. The van der Waals surface area contributed by atoms with Crippen LogP contribution in [0.25, 0.3) is 0 Å². The molecule has 0 radical (unpaired) electrons. The first-order valence-corrected chi connectivity index (χ1v) is 6.95. The van der Waals surface area contributed by atoms with E-state index in [1.807, 2.05) is 6.92 Å². The molecule has 5 heteroatoms. The highest BCUT2D eigenvalue weighted by molar-refractivity contribution is 6.30. The van der Waals surface area contributed by atoms with Crippen LogP contribution < -0.4 is 9.64 Å². The first-order valence-electron chi connectivity index (χ1n) is 6.58. The Kier molecular flexibility index (Phi) is 5.06. The van der Waals surface area contributed by atoms with Crippen LogP contribution in [0.3, 0.4) is 0 Å². The van der Waals surface area contributed by atoms with Gasteiger partial charge in [0.15, 0.2) is 6.61 Å². The van der Waals surface area contributed by atoms with Crippen molar-refractivity contribution in [3.8, 4) is 11.5 Å². The summed E-state index contributed by atoms with van der Waals surface area (Å²) in [4.78, 5) is 13.8. The molecule has 0 atom stereocenters. The number of hydrogen-bond acceptors (Lipinski definition) is 3. The number of anilines is 1. The van der Waals surface area contributed by atoms with E-state index in [2.05, 4.69) is 0 Å². The fraction of sp³-hybridized carbons (Fsp3) is 0.188. The van der Waals surface area contributed by atoms with Crippen LogP contribution in [0.2, 0.25) is 5.02 Å². The number of rotatable bonds is 5. The number of hydrogen-bond donors (Lipinski definition) is 1. The fourth-order valence-electron chi connectivity index (χ4n) is 1.92. The van der Waals surface area contributed by atoms with Crippen molar-refractivity contribution in [2.45, 2.75) is 6.92 Å². The lowest BCUT2D eigenvalue weighted by atomic mass is 10.2. The Hall–Kier alpha value is -2.20. The summed E-state index contributed by atoms with van der Waals surface area (Å²) < 4.78 is 5.44. The molecule has 0 bridgehead atoms. The summed E-state index contributed by atoms with van der Waals surface area (Å²) >= 11 is 5.79. The number of carbonyl (C=O) groups excluding carboxylic acids is 1. The summed E-state index contributed by atoms with van der Waals surface area (Å²) in [6, 6.07) is 13.4. The quantitative estimate of drug-likeness (QED) is 0.920. The van der Waals surface area contributed by atoms with E-state index in [0.29, 0.717) is 23.0 Å². The third-order valence-electron chi connectivity index (χ3n) is 2.93. The highest BCUT2D eigenvalue weighted by Gasteiger charge is 2.15. The summed E-state index contributed by atoms with van der Waals surface area (Å²) in [5.74, 6) is 0.523. The van der Waals surface area contributed by atoms with Crippen LogP contribution in [0.4, 0.5) is 5.69 Å². The van der Waals surface area contributed by atoms with Crippen LogP contribution in [-0.4, -0.2) is 24.2 Å². The molecule has 0 heterocycles. The second-order valence-corrected chi connectivity index (χ2v) is 4.84. The smallest absolute Gasteiger partial charge is 0.264 e. The Balaban J connectivity index is 2.02. The summed E-state index contributed by atoms with van der Waals surface area (Å²) in [5.41, 5.74) is 0.641. The van der Waals surface area contributed by atoms with Crippen molar-refractivity contribution >= 4 is 23.2 Å². The predicted octanol–water partition coefficient (Wildman–Crippen LogP) is 3.48. The van der Waals surface area contributed by atoms with Gasteiger partial charge in [0.05, 0.1) is 0 Å². The van der Waals surface area contributed by atoms with Crippen molar-refractivity contribution in [1.29, 1.82) is 0 Å². The minimum atomic E-state index is -0.182. The maximum atomic E-state index is 12.2. The largest absolute Gasteiger partial charge is 0.508 e. The molecule has 0 spiro atoms. The fourth-order valence-corrected chi connectivity index (χ4v) is 2.04. The second kappa shape index (κ2) is 6.99. The van der Waals surface area contributed by atoms with Crippen molar-refractivity contribution < 1.29 is 14.6 Å². The zero-order valence-corrected chi connectivity index (χ0v) is 12.4. The molecule has 1 N–H and O–H groups in total. The highest BCUT2D eigenvalue weighted by Crippen LogP contribution is 2.20. The third-order valence-corrected chi connectivity index (χ3v) is 3.19. The van der Waals surface area contributed by atoms with Crippen molar-refractivity contribution in [2.75, 3.05) is 18.1 Å². The van der Waals surface area contributed by atoms with Gasteiger partial charge in [-0.1, -0.05) is 17.7 Å². The number of ether oxygens (including phenoxy) is 1. The van der Waals surface area contributed by atoms with Crippen LogP contribution in [0.1, 0.15) is 6.92 Å². The predicted molar refractivity (Wildman–Crippen MR) is 83.1 cm³/mol. The molecule has 0 unspecified atom stereocenters. The first kappa shape index (κ1) is 15.2. The molecule has 0 aliphatic rings. The number of phenolic OH excluding ortho intramolecular Hbond substituents is 1. The van der Waals surface area contributed by atoms with Gasteiger partial charge in [-0.3, -0.25) is 4.79 Å².